The molecule has 2 aromatic carbocycles. The molecule has 7 nitrogen and oxygen atoms in total. The highest BCUT2D eigenvalue weighted by Gasteiger charge is 2.31. The van der Waals surface area contributed by atoms with Crippen molar-refractivity contribution in [2.75, 3.05) is 4.72 Å². The van der Waals surface area contributed by atoms with Gasteiger partial charge in [-0.05, 0) is 38.1 Å². The Morgan fingerprint density at radius 1 is 0.971 bits per heavy atom. The topological polar surface area (TPSA) is 94.1 Å². The van der Waals surface area contributed by atoms with Gasteiger partial charge in [0.1, 0.15) is 16.5 Å². The number of hydrogen-bond donors (Lipinski definition) is 1. The highest BCUT2D eigenvalue weighted by Crippen LogP contribution is 2.40. The molecule has 1 N–H and O–H groups in total. The van der Waals surface area contributed by atoms with E-state index >= 15 is 0 Å². The van der Waals surface area contributed by atoms with Gasteiger partial charge in [-0.25, -0.2) is 8.42 Å². The van der Waals surface area contributed by atoms with Crippen LogP contribution in [0.3, 0.4) is 0 Å². The molecule has 0 aliphatic rings. The Hall–Kier alpha value is -3.51. The number of sulfonamides is 1. The third-order valence-corrected chi connectivity index (χ3v) is 7.57. The van der Waals surface area contributed by atoms with Gasteiger partial charge < -0.3 is 4.74 Å². The van der Waals surface area contributed by atoms with E-state index in [1.807, 2.05) is 30.3 Å². The third-order valence-electron chi connectivity index (χ3n) is 4.80. The van der Waals surface area contributed by atoms with Crippen LogP contribution in [0.15, 0.2) is 67.0 Å². The van der Waals surface area contributed by atoms with Crippen molar-refractivity contribution < 1.29 is 26.3 Å². The third kappa shape index (κ3) is 5.77. The van der Waals surface area contributed by atoms with Crippen molar-refractivity contribution in [3.8, 4) is 32.6 Å². The van der Waals surface area contributed by atoms with E-state index < -0.39 is 27.0 Å². The molecular formula is C23H19F3N4O3S2. The van der Waals surface area contributed by atoms with Crippen molar-refractivity contribution in [2.45, 2.75) is 25.3 Å². The summed E-state index contributed by atoms with van der Waals surface area (Å²) in [5.74, 6) is 0.0266. The minimum Gasteiger partial charge on any atom is -0.455 e. The van der Waals surface area contributed by atoms with E-state index in [1.165, 1.54) is 43.4 Å². The Kier molecular flexibility index (Phi) is 6.77. The van der Waals surface area contributed by atoms with Gasteiger partial charge in [0.15, 0.2) is 5.01 Å². The van der Waals surface area contributed by atoms with Crippen LogP contribution < -0.4 is 9.46 Å². The number of nitrogens with zero attached hydrogens (tertiary/aromatic N) is 3. The Balaban J connectivity index is 1.76. The first kappa shape index (κ1) is 24.6. The maximum Gasteiger partial charge on any atom is 0.418 e. The number of anilines is 1. The van der Waals surface area contributed by atoms with Crippen molar-refractivity contribution in [2.24, 2.45) is 0 Å². The van der Waals surface area contributed by atoms with Gasteiger partial charge in [-0.2, -0.15) is 13.2 Å². The molecule has 0 unspecified atom stereocenters. The number of nitrogens with one attached hydrogen (secondary N) is 1. The number of alkyl halides is 3. The average molecular weight is 521 g/mol. The summed E-state index contributed by atoms with van der Waals surface area (Å²) < 4.78 is 72.3. The van der Waals surface area contributed by atoms with Crippen molar-refractivity contribution in [1.82, 2.24) is 15.2 Å². The number of hydrogen-bond acceptors (Lipinski definition) is 7. The first-order valence-corrected chi connectivity index (χ1v) is 12.6. The van der Waals surface area contributed by atoms with Gasteiger partial charge in [-0.1, -0.05) is 41.7 Å². The van der Waals surface area contributed by atoms with Gasteiger partial charge in [0, 0.05) is 17.4 Å². The number of benzene rings is 2. The second-order valence-electron chi connectivity index (χ2n) is 7.69. The van der Waals surface area contributed by atoms with Crippen LogP contribution in [0.25, 0.3) is 21.1 Å². The predicted molar refractivity (Wildman–Crippen MR) is 128 cm³/mol. The number of halogens is 3. The van der Waals surface area contributed by atoms with Crippen LogP contribution in [0.1, 0.15) is 19.4 Å². The molecule has 0 saturated carbocycles. The molecule has 2 aromatic heterocycles. The van der Waals surface area contributed by atoms with E-state index in [4.69, 9.17) is 4.74 Å². The number of pyridine rings is 1. The van der Waals surface area contributed by atoms with Crippen LogP contribution in [0.5, 0.6) is 11.5 Å². The number of ether oxygens (including phenoxy) is 1. The van der Waals surface area contributed by atoms with E-state index in [9.17, 15) is 21.6 Å². The Labute approximate surface area is 203 Å². The predicted octanol–water partition coefficient (Wildman–Crippen LogP) is 6.23. The smallest absolute Gasteiger partial charge is 0.418 e. The van der Waals surface area contributed by atoms with Crippen molar-refractivity contribution in [1.29, 1.82) is 0 Å². The molecule has 35 heavy (non-hydrogen) atoms. The molecule has 0 spiro atoms. The molecular weight excluding hydrogens is 501 g/mol. The molecule has 2 heterocycles. The van der Waals surface area contributed by atoms with Gasteiger partial charge >= 0.3 is 6.18 Å². The van der Waals surface area contributed by atoms with Crippen molar-refractivity contribution >= 4 is 27.0 Å². The van der Waals surface area contributed by atoms with E-state index in [0.717, 1.165) is 17.8 Å². The summed E-state index contributed by atoms with van der Waals surface area (Å²) in [5.41, 5.74) is 0.475. The summed E-state index contributed by atoms with van der Waals surface area (Å²) in [5, 5.41) is 8.74. The second-order valence-corrected chi connectivity index (χ2v) is 10.9. The lowest BCUT2D eigenvalue weighted by Crippen LogP contribution is -2.22. The van der Waals surface area contributed by atoms with Gasteiger partial charge in [0.05, 0.1) is 22.6 Å². The lowest BCUT2D eigenvalue weighted by atomic mass is 10.2. The maximum absolute atomic E-state index is 13.1. The van der Waals surface area contributed by atoms with Crippen molar-refractivity contribution in [3.05, 3.63) is 72.6 Å². The average Bonchev–Trinajstić information content (AvgIpc) is 3.30. The Bertz CT molecular complexity index is 1440. The van der Waals surface area contributed by atoms with E-state index in [-0.39, 0.29) is 17.2 Å². The summed E-state index contributed by atoms with van der Waals surface area (Å²) in [6.45, 7) is 3.08. The molecule has 0 aliphatic heterocycles. The highest BCUT2D eigenvalue weighted by atomic mass is 32.2. The largest absolute Gasteiger partial charge is 0.455 e. The molecule has 0 aliphatic carbocycles. The molecule has 0 bridgehead atoms. The van der Waals surface area contributed by atoms with Crippen LogP contribution >= 0.6 is 11.3 Å². The number of rotatable bonds is 7. The van der Waals surface area contributed by atoms with Gasteiger partial charge in [-0.3, -0.25) is 9.71 Å². The van der Waals surface area contributed by atoms with Crippen LogP contribution in [0, 0.1) is 0 Å². The zero-order chi connectivity index (χ0) is 25.2. The molecule has 0 amide bonds. The Morgan fingerprint density at radius 3 is 2.37 bits per heavy atom. The summed E-state index contributed by atoms with van der Waals surface area (Å²) in [4.78, 5) is 3.62. The molecule has 0 atom stereocenters. The zero-order valence-corrected chi connectivity index (χ0v) is 20.1. The molecule has 0 radical (unpaired) electrons. The molecule has 0 saturated heterocycles. The summed E-state index contributed by atoms with van der Waals surface area (Å²) in [6, 6.07) is 14.6. The minimum atomic E-state index is -4.59. The standard InChI is InChI=1S/C23H19F3N4O3S2/c1-14(2)35(31,32)30-17-8-9-20(33-18-10-16(12-27-13-18)23(24,25)26)19(11-17)22-29-28-21(34-22)15-6-4-3-5-7-15/h3-14,30H,1-2H3. The fraction of sp³-hybridized carbons (Fsp3) is 0.174. The zero-order valence-electron chi connectivity index (χ0n) is 18.4. The summed E-state index contributed by atoms with van der Waals surface area (Å²) >= 11 is 1.23. The van der Waals surface area contributed by atoms with E-state index in [0.29, 0.717) is 21.8 Å². The molecule has 4 rings (SSSR count). The first-order chi connectivity index (χ1) is 16.5. The quantitative estimate of drug-likeness (QED) is 0.311. The maximum atomic E-state index is 13.1. The van der Waals surface area contributed by atoms with Gasteiger partial charge in [-0.15, -0.1) is 10.2 Å². The molecule has 182 valence electrons. The second kappa shape index (κ2) is 9.62. The van der Waals surface area contributed by atoms with Crippen LogP contribution in [0.4, 0.5) is 18.9 Å². The van der Waals surface area contributed by atoms with Gasteiger partial charge in [0.25, 0.3) is 0 Å². The monoisotopic (exact) mass is 520 g/mol. The normalized spacial score (nSPS) is 12.1. The lowest BCUT2D eigenvalue weighted by molar-refractivity contribution is -0.137. The van der Waals surface area contributed by atoms with E-state index in [2.05, 4.69) is 19.9 Å². The van der Waals surface area contributed by atoms with Crippen LogP contribution in [-0.4, -0.2) is 28.8 Å². The SMILES string of the molecule is CC(C)S(=O)(=O)Nc1ccc(Oc2cncc(C(F)(F)F)c2)c(-c2nnc(-c3ccccc3)s2)c1. The Morgan fingerprint density at radius 2 is 1.69 bits per heavy atom. The fourth-order valence-corrected chi connectivity index (χ4v) is 4.48. The van der Waals surface area contributed by atoms with Crippen LogP contribution in [-0.2, 0) is 16.2 Å². The summed E-state index contributed by atoms with van der Waals surface area (Å²) in [6.07, 6.45) is -2.73. The fourth-order valence-electron chi connectivity index (χ4n) is 2.92. The highest BCUT2D eigenvalue weighted by molar-refractivity contribution is 7.93. The van der Waals surface area contributed by atoms with Crippen LogP contribution in [0.2, 0.25) is 0 Å². The molecule has 4 aromatic rings. The van der Waals surface area contributed by atoms with Gasteiger partial charge in [0.2, 0.25) is 10.0 Å². The lowest BCUT2D eigenvalue weighted by Gasteiger charge is -2.15. The summed E-state index contributed by atoms with van der Waals surface area (Å²) in [7, 11) is -3.64. The molecule has 12 heteroatoms. The first-order valence-electron chi connectivity index (χ1n) is 10.3. The minimum absolute atomic E-state index is 0.135. The van der Waals surface area contributed by atoms with E-state index in [1.54, 1.807) is 0 Å². The van der Waals surface area contributed by atoms with Crippen molar-refractivity contribution in [3.63, 3.8) is 0 Å². The number of aromatic nitrogens is 3. The molecule has 0 fully saturated rings.